The highest BCUT2D eigenvalue weighted by Gasteiger charge is 2.36. The van der Waals surface area contributed by atoms with Crippen molar-refractivity contribution in [3.05, 3.63) is 101 Å². The normalized spacial score (nSPS) is 19.2. The molecule has 0 radical (unpaired) electrons. The second-order valence-electron chi connectivity index (χ2n) is 14.6. The van der Waals surface area contributed by atoms with Crippen molar-refractivity contribution in [2.45, 2.75) is 77.3 Å². The average Bonchev–Trinajstić information content (AvgIpc) is 3.08. The summed E-state index contributed by atoms with van der Waals surface area (Å²) in [5.74, 6) is -1.29. The summed E-state index contributed by atoms with van der Waals surface area (Å²) in [4.78, 5) is 40.9. The monoisotopic (exact) mass is 713 g/mol. The fourth-order valence-electron chi connectivity index (χ4n) is 7.08. The fraction of sp³-hybridized carbons (Fsp3) is 0.385. The molecule has 3 heterocycles. The van der Waals surface area contributed by atoms with Gasteiger partial charge in [-0.15, -0.1) is 0 Å². The van der Waals surface area contributed by atoms with Gasteiger partial charge in [-0.25, -0.2) is 22.5 Å². The van der Waals surface area contributed by atoms with Gasteiger partial charge in [-0.05, 0) is 80.3 Å². The molecular weight excluding hydrogens is 670 g/mol. The predicted molar refractivity (Wildman–Crippen MR) is 193 cm³/mol. The number of halogens is 1. The number of likely N-dealkylation sites (tertiary alicyclic amines) is 1. The van der Waals surface area contributed by atoms with Crippen molar-refractivity contribution < 1.29 is 27.1 Å². The molecule has 2 atom stereocenters. The predicted octanol–water partition coefficient (Wildman–Crippen LogP) is 7.09. The number of carbonyl (C=O) groups is 2. The third-order valence-electron chi connectivity index (χ3n) is 9.42. The van der Waals surface area contributed by atoms with Crippen molar-refractivity contribution in [3.8, 4) is 17.1 Å². The molecule has 1 fully saturated rings. The molecule has 1 saturated heterocycles. The zero-order valence-corrected chi connectivity index (χ0v) is 30.5. The molecule has 51 heavy (non-hydrogen) atoms. The van der Waals surface area contributed by atoms with E-state index in [0.29, 0.717) is 30.6 Å². The number of anilines is 1. The smallest absolute Gasteiger partial charge is 0.264 e. The van der Waals surface area contributed by atoms with Crippen molar-refractivity contribution in [1.29, 1.82) is 0 Å². The third kappa shape index (κ3) is 8.06. The average molecular weight is 714 g/mol. The number of rotatable bonds is 5. The number of nitrogens with one attached hydrogen (secondary N) is 1. The number of nitrogens with zero attached hydrogens (tertiary/aromatic N) is 4. The summed E-state index contributed by atoms with van der Waals surface area (Å²) in [7, 11) is -4.26. The van der Waals surface area contributed by atoms with Gasteiger partial charge >= 0.3 is 0 Å². The van der Waals surface area contributed by atoms with Gasteiger partial charge in [0, 0.05) is 29.3 Å². The molecule has 1 unspecified atom stereocenters. The summed E-state index contributed by atoms with van der Waals surface area (Å²) >= 11 is 0. The molecule has 0 spiro atoms. The summed E-state index contributed by atoms with van der Waals surface area (Å²) in [5.41, 5.74) is 3.39. The lowest BCUT2D eigenvalue weighted by molar-refractivity contribution is -0.136. The standard InChI is InChI=1S/C39H44FN5O5S/c1-25-12-10-13-26(2)36(25)32-21-34-42-38(41-32)43-51(48,49)29-15-11-14-27(20-29)37(47)45(28(24-50-34)22-39(3,4)5)23-35(46)44-19-9-8-18-33(44)30-16-6-7-17-31(30)40/h6-7,10-17,20-21,28,33H,8-9,18-19,22-24H2,1-5H3,(H,41,42,43)/t28-,33?/m1/s1. The van der Waals surface area contributed by atoms with Gasteiger partial charge < -0.3 is 14.5 Å². The SMILES string of the molecule is Cc1cccc(C)c1-c1cc2nc(n1)NS(=O)(=O)c1cccc(c1)C(=O)N(CC(=O)N1CCCCC1c1ccccc1F)[C@H](CC(C)(C)C)CO2. The van der Waals surface area contributed by atoms with E-state index in [4.69, 9.17) is 4.74 Å². The molecule has 3 aromatic carbocycles. The van der Waals surface area contributed by atoms with Gasteiger partial charge in [-0.2, -0.15) is 4.98 Å². The van der Waals surface area contributed by atoms with E-state index in [1.54, 1.807) is 29.2 Å². The number of aryl methyl sites for hydroxylation is 2. The van der Waals surface area contributed by atoms with E-state index in [-0.39, 0.29) is 52.6 Å². The first-order chi connectivity index (χ1) is 24.2. The quantitative estimate of drug-likeness (QED) is 0.234. The van der Waals surface area contributed by atoms with Gasteiger partial charge in [0.05, 0.1) is 22.7 Å². The zero-order valence-electron chi connectivity index (χ0n) is 29.6. The van der Waals surface area contributed by atoms with Crippen LogP contribution in [0.5, 0.6) is 5.88 Å². The molecule has 12 heteroatoms. The highest BCUT2D eigenvalue weighted by Crippen LogP contribution is 2.34. The summed E-state index contributed by atoms with van der Waals surface area (Å²) in [6, 6.07) is 18.6. The lowest BCUT2D eigenvalue weighted by Crippen LogP contribution is -2.52. The largest absolute Gasteiger partial charge is 0.475 e. The number of ether oxygens (including phenoxy) is 1. The Hall–Kier alpha value is -4.84. The van der Waals surface area contributed by atoms with Crippen LogP contribution in [-0.4, -0.2) is 65.7 Å². The minimum absolute atomic E-state index is 0.0396. The molecule has 268 valence electrons. The zero-order chi connectivity index (χ0) is 36.5. The third-order valence-corrected chi connectivity index (χ3v) is 10.7. The topological polar surface area (TPSA) is 122 Å². The Bertz CT molecular complexity index is 2040. The minimum atomic E-state index is -4.26. The van der Waals surface area contributed by atoms with E-state index in [1.165, 1.54) is 35.2 Å². The highest BCUT2D eigenvalue weighted by atomic mass is 32.2. The molecule has 1 aromatic heterocycles. The maximum atomic E-state index is 15.0. The van der Waals surface area contributed by atoms with Crippen LogP contribution in [0.15, 0.2) is 77.7 Å². The number of aromatic nitrogens is 2. The Labute approximate surface area is 299 Å². The lowest BCUT2D eigenvalue weighted by atomic mass is 9.87. The van der Waals surface area contributed by atoms with Crippen molar-refractivity contribution in [2.24, 2.45) is 5.41 Å². The number of benzene rings is 3. The van der Waals surface area contributed by atoms with Crippen molar-refractivity contribution in [2.75, 3.05) is 24.4 Å². The molecule has 6 rings (SSSR count). The van der Waals surface area contributed by atoms with E-state index in [0.717, 1.165) is 29.5 Å². The van der Waals surface area contributed by atoms with Crippen LogP contribution in [0.4, 0.5) is 10.3 Å². The maximum absolute atomic E-state index is 15.0. The Morgan fingerprint density at radius 1 is 0.980 bits per heavy atom. The van der Waals surface area contributed by atoms with Crippen molar-refractivity contribution in [1.82, 2.24) is 19.8 Å². The Morgan fingerprint density at radius 3 is 2.43 bits per heavy atom. The van der Waals surface area contributed by atoms with Gasteiger partial charge in [0.2, 0.25) is 17.7 Å². The molecule has 0 saturated carbocycles. The number of fused-ring (bicyclic) bond motifs is 4. The number of hydrogen-bond acceptors (Lipinski definition) is 7. The van der Waals surface area contributed by atoms with E-state index in [2.05, 4.69) is 14.7 Å². The first-order valence-corrected chi connectivity index (χ1v) is 18.7. The van der Waals surface area contributed by atoms with Gasteiger partial charge in [0.25, 0.3) is 15.9 Å². The summed E-state index contributed by atoms with van der Waals surface area (Å²) in [6.07, 6.45) is 2.64. The number of sulfonamides is 1. The number of piperidine rings is 1. The van der Waals surface area contributed by atoms with Gasteiger partial charge in [0.1, 0.15) is 19.0 Å². The lowest BCUT2D eigenvalue weighted by Gasteiger charge is -2.40. The van der Waals surface area contributed by atoms with Crippen molar-refractivity contribution in [3.63, 3.8) is 0 Å². The Kier molecular flexibility index (Phi) is 10.2. The molecule has 1 N–H and O–H groups in total. The fourth-order valence-corrected chi connectivity index (χ4v) is 8.07. The van der Waals surface area contributed by atoms with Gasteiger partial charge in [0.15, 0.2) is 0 Å². The van der Waals surface area contributed by atoms with Crippen LogP contribution in [0.2, 0.25) is 0 Å². The summed E-state index contributed by atoms with van der Waals surface area (Å²) in [6.45, 7) is 10.1. The first kappa shape index (κ1) is 36.0. The van der Waals surface area contributed by atoms with Crippen LogP contribution in [-0.2, 0) is 14.8 Å². The molecule has 4 aromatic rings. The molecule has 4 bridgehead atoms. The van der Waals surface area contributed by atoms with Crippen LogP contribution in [0.1, 0.15) is 79.5 Å². The first-order valence-electron chi connectivity index (χ1n) is 17.3. The van der Waals surface area contributed by atoms with E-state index in [9.17, 15) is 18.0 Å². The second-order valence-corrected chi connectivity index (χ2v) is 16.3. The van der Waals surface area contributed by atoms with Crippen molar-refractivity contribution >= 4 is 27.8 Å². The van der Waals surface area contributed by atoms with Gasteiger partial charge in [-0.3, -0.25) is 9.59 Å². The van der Waals surface area contributed by atoms with Crippen LogP contribution in [0, 0.1) is 25.1 Å². The number of carbonyl (C=O) groups excluding carboxylic acids is 2. The second kappa shape index (κ2) is 14.4. The maximum Gasteiger partial charge on any atom is 0.264 e. The van der Waals surface area contributed by atoms with E-state index in [1.807, 2.05) is 52.8 Å². The van der Waals surface area contributed by atoms with Crippen LogP contribution in [0.3, 0.4) is 0 Å². The number of amides is 2. The van der Waals surface area contributed by atoms with Crippen LogP contribution in [0.25, 0.3) is 11.3 Å². The number of hydrogen-bond donors (Lipinski definition) is 1. The molecule has 10 nitrogen and oxygen atoms in total. The Morgan fingerprint density at radius 2 is 1.71 bits per heavy atom. The molecule has 2 amide bonds. The Balaban J connectivity index is 1.45. The molecule has 0 aliphatic carbocycles. The van der Waals surface area contributed by atoms with Crippen LogP contribution < -0.4 is 9.46 Å². The summed E-state index contributed by atoms with van der Waals surface area (Å²) in [5, 5.41) is 0. The summed E-state index contributed by atoms with van der Waals surface area (Å²) < 4.78 is 51.3. The molecule has 2 aliphatic heterocycles. The minimum Gasteiger partial charge on any atom is -0.475 e. The van der Waals surface area contributed by atoms with E-state index >= 15 is 4.39 Å². The molecule has 2 aliphatic rings. The van der Waals surface area contributed by atoms with Crippen LogP contribution >= 0.6 is 0 Å². The van der Waals surface area contributed by atoms with E-state index < -0.39 is 28.0 Å². The van der Waals surface area contributed by atoms with Gasteiger partial charge in [-0.1, -0.05) is 63.2 Å². The highest BCUT2D eigenvalue weighted by molar-refractivity contribution is 7.92. The molecular formula is C39H44FN5O5S.